The van der Waals surface area contributed by atoms with E-state index in [1.165, 1.54) is 25.1 Å². The highest BCUT2D eigenvalue weighted by atomic mass is 35.5. The Balaban J connectivity index is 2.29. The third-order valence-electron chi connectivity index (χ3n) is 2.62. The van der Waals surface area contributed by atoms with Gasteiger partial charge in [0.05, 0.1) is 24.0 Å². The lowest BCUT2D eigenvalue weighted by atomic mass is 10.2. The molecule has 1 heterocycles. The van der Waals surface area contributed by atoms with Crippen molar-refractivity contribution in [2.24, 2.45) is 0 Å². The highest BCUT2D eigenvalue weighted by Gasteiger charge is 2.16. The molecule has 0 atom stereocenters. The van der Waals surface area contributed by atoms with E-state index < -0.39 is 5.91 Å². The Morgan fingerprint density at radius 3 is 2.86 bits per heavy atom. The largest absolute Gasteiger partial charge is 0.495 e. The Morgan fingerprint density at radius 2 is 2.18 bits per heavy atom. The summed E-state index contributed by atoms with van der Waals surface area (Å²) in [5, 5.41) is 3.85. The minimum absolute atomic E-state index is 0.106. The van der Waals surface area contributed by atoms with Crippen molar-refractivity contribution in [1.82, 2.24) is 9.97 Å². The summed E-state index contributed by atoms with van der Waals surface area (Å²) >= 11 is 13.4. The second kappa shape index (κ2) is 7.67. The molecule has 1 N–H and O–H groups in total. The van der Waals surface area contributed by atoms with Gasteiger partial charge in [-0.25, -0.2) is 9.97 Å². The number of ether oxygens (including phenoxy) is 1. The van der Waals surface area contributed by atoms with Gasteiger partial charge in [0.2, 0.25) is 0 Å². The van der Waals surface area contributed by atoms with E-state index in [1.807, 2.05) is 6.92 Å². The van der Waals surface area contributed by atoms with Crippen molar-refractivity contribution < 1.29 is 9.53 Å². The topological polar surface area (TPSA) is 64.1 Å². The van der Waals surface area contributed by atoms with E-state index in [0.717, 1.165) is 5.75 Å². The van der Waals surface area contributed by atoms with E-state index in [2.05, 4.69) is 15.3 Å². The minimum atomic E-state index is -0.453. The number of amides is 1. The monoisotopic (exact) mass is 357 g/mol. The molecule has 116 valence electrons. The number of aromatic nitrogens is 2. The minimum Gasteiger partial charge on any atom is -0.495 e. The number of rotatable bonds is 5. The van der Waals surface area contributed by atoms with E-state index in [4.69, 9.17) is 27.9 Å². The van der Waals surface area contributed by atoms with Crippen molar-refractivity contribution in [3.05, 3.63) is 40.1 Å². The maximum atomic E-state index is 12.4. The van der Waals surface area contributed by atoms with E-state index in [-0.39, 0.29) is 10.7 Å². The Morgan fingerprint density at radius 1 is 1.41 bits per heavy atom. The summed E-state index contributed by atoms with van der Waals surface area (Å²) in [6.07, 6.45) is 1.41. The Labute approximate surface area is 142 Å². The lowest BCUT2D eigenvalue weighted by molar-refractivity contribution is 0.102. The van der Waals surface area contributed by atoms with Crippen molar-refractivity contribution >= 4 is 46.6 Å². The molecule has 2 aromatic rings. The molecule has 0 spiro atoms. The van der Waals surface area contributed by atoms with Crippen LogP contribution in [0.3, 0.4) is 0 Å². The van der Waals surface area contributed by atoms with Gasteiger partial charge >= 0.3 is 0 Å². The summed E-state index contributed by atoms with van der Waals surface area (Å²) in [6, 6.07) is 4.93. The van der Waals surface area contributed by atoms with Gasteiger partial charge in [-0.15, -0.1) is 0 Å². The number of carbonyl (C=O) groups is 1. The average molecular weight is 358 g/mol. The van der Waals surface area contributed by atoms with Crippen LogP contribution in [-0.2, 0) is 0 Å². The van der Waals surface area contributed by atoms with Gasteiger partial charge < -0.3 is 10.1 Å². The molecular formula is C14H13Cl2N3O2S. The van der Waals surface area contributed by atoms with Crippen molar-refractivity contribution in [2.75, 3.05) is 18.2 Å². The standard InChI is InChI=1S/C14H13Cl2N3O2S/c1-3-22-14-17-7-9(16)12(19-14)13(20)18-10-6-8(15)4-5-11(10)21-2/h4-7H,3H2,1-2H3,(H,18,20). The molecule has 1 amide bonds. The molecule has 0 unspecified atom stereocenters. The number of anilines is 1. The van der Waals surface area contributed by atoms with Gasteiger partial charge in [0.15, 0.2) is 10.9 Å². The summed E-state index contributed by atoms with van der Waals surface area (Å²) in [5.74, 6) is 0.835. The molecule has 0 saturated heterocycles. The van der Waals surface area contributed by atoms with Gasteiger partial charge in [-0.05, 0) is 24.0 Å². The zero-order valence-corrected chi connectivity index (χ0v) is 14.2. The molecule has 0 radical (unpaired) electrons. The molecule has 0 saturated carbocycles. The fourth-order valence-corrected chi connectivity index (χ4v) is 2.56. The number of carbonyl (C=O) groups excluding carboxylic acids is 1. The average Bonchev–Trinajstić information content (AvgIpc) is 2.49. The van der Waals surface area contributed by atoms with Crippen LogP contribution < -0.4 is 10.1 Å². The molecule has 2 rings (SSSR count). The lowest BCUT2D eigenvalue weighted by Gasteiger charge is -2.11. The summed E-state index contributed by atoms with van der Waals surface area (Å²) in [4.78, 5) is 20.6. The number of thioether (sulfide) groups is 1. The summed E-state index contributed by atoms with van der Waals surface area (Å²) < 4.78 is 5.19. The van der Waals surface area contributed by atoms with Crippen molar-refractivity contribution in [3.63, 3.8) is 0 Å². The number of methoxy groups -OCH3 is 1. The van der Waals surface area contributed by atoms with Crippen LogP contribution >= 0.6 is 35.0 Å². The first-order chi connectivity index (χ1) is 10.5. The van der Waals surface area contributed by atoms with Crippen LogP contribution in [-0.4, -0.2) is 28.7 Å². The highest BCUT2D eigenvalue weighted by molar-refractivity contribution is 7.99. The van der Waals surface area contributed by atoms with Crippen LogP contribution in [0.15, 0.2) is 29.6 Å². The van der Waals surface area contributed by atoms with Crippen LogP contribution in [0.5, 0.6) is 5.75 Å². The van der Waals surface area contributed by atoms with Crippen LogP contribution in [0.1, 0.15) is 17.4 Å². The fraction of sp³-hybridized carbons (Fsp3) is 0.214. The number of hydrogen-bond acceptors (Lipinski definition) is 5. The molecule has 5 nitrogen and oxygen atoms in total. The third kappa shape index (κ3) is 4.03. The number of nitrogens with zero attached hydrogens (tertiary/aromatic N) is 2. The molecular weight excluding hydrogens is 345 g/mol. The van der Waals surface area contributed by atoms with Crippen molar-refractivity contribution in [2.45, 2.75) is 12.1 Å². The molecule has 0 aliphatic carbocycles. The first-order valence-electron chi connectivity index (χ1n) is 6.35. The predicted molar refractivity (Wildman–Crippen MR) is 89.4 cm³/mol. The van der Waals surface area contributed by atoms with E-state index in [0.29, 0.717) is 21.6 Å². The number of nitrogens with one attached hydrogen (secondary N) is 1. The van der Waals surface area contributed by atoms with Crippen molar-refractivity contribution in [3.8, 4) is 5.75 Å². The molecule has 1 aromatic heterocycles. The molecule has 0 fully saturated rings. The van der Waals surface area contributed by atoms with Crippen LogP contribution in [0.25, 0.3) is 0 Å². The van der Waals surface area contributed by atoms with Crippen LogP contribution in [0.2, 0.25) is 10.0 Å². The number of hydrogen-bond donors (Lipinski definition) is 1. The van der Waals surface area contributed by atoms with E-state index >= 15 is 0 Å². The highest BCUT2D eigenvalue weighted by Crippen LogP contribution is 2.28. The SMILES string of the molecule is CCSc1ncc(Cl)c(C(=O)Nc2cc(Cl)ccc2OC)n1. The van der Waals surface area contributed by atoms with Gasteiger partial charge in [0.25, 0.3) is 5.91 Å². The maximum Gasteiger partial charge on any atom is 0.276 e. The second-order valence-corrected chi connectivity index (χ2v) is 6.16. The number of halogens is 2. The molecule has 0 bridgehead atoms. The Bertz CT molecular complexity index is 698. The zero-order valence-electron chi connectivity index (χ0n) is 11.9. The van der Waals surface area contributed by atoms with Gasteiger partial charge in [0, 0.05) is 5.02 Å². The molecule has 22 heavy (non-hydrogen) atoms. The lowest BCUT2D eigenvalue weighted by Crippen LogP contribution is -2.15. The Hall–Kier alpha value is -1.50. The zero-order chi connectivity index (χ0) is 16.1. The van der Waals surface area contributed by atoms with E-state index in [9.17, 15) is 4.79 Å². The molecule has 8 heteroatoms. The van der Waals surface area contributed by atoms with Gasteiger partial charge in [0.1, 0.15) is 5.75 Å². The molecule has 0 aliphatic heterocycles. The van der Waals surface area contributed by atoms with Crippen LogP contribution in [0, 0.1) is 0 Å². The normalized spacial score (nSPS) is 10.4. The predicted octanol–water partition coefficient (Wildman–Crippen LogP) is 4.16. The van der Waals surface area contributed by atoms with Gasteiger partial charge in [-0.3, -0.25) is 4.79 Å². The Kier molecular flexibility index (Phi) is 5.88. The van der Waals surface area contributed by atoms with Gasteiger partial charge in [-0.1, -0.05) is 41.9 Å². The first kappa shape index (κ1) is 16.9. The molecule has 0 aliphatic rings. The fourth-order valence-electron chi connectivity index (χ4n) is 1.67. The third-order valence-corrected chi connectivity index (χ3v) is 3.88. The molecule has 1 aromatic carbocycles. The van der Waals surface area contributed by atoms with Crippen LogP contribution in [0.4, 0.5) is 5.69 Å². The smallest absolute Gasteiger partial charge is 0.276 e. The van der Waals surface area contributed by atoms with Crippen molar-refractivity contribution in [1.29, 1.82) is 0 Å². The second-order valence-electron chi connectivity index (χ2n) is 4.08. The summed E-state index contributed by atoms with van der Waals surface area (Å²) in [5.41, 5.74) is 0.550. The summed E-state index contributed by atoms with van der Waals surface area (Å²) in [7, 11) is 1.51. The quantitative estimate of drug-likeness (QED) is 0.642. The number of benzene rings is 1. The van der Waals surface area contributed by atoms with E-state index in [1.54, 1.807) is 18.2 Å². The summed E-state index contributed by atoms with van der Waals surface area (Å²) in [6.45, 7) is 1.97. The van der Waals surface area contributed by atoms with Gasteiger partial charge in [-0.2, -0.15) is 0 Å². The first-order valence-corrected chi connectivity index (χ1v) is 8.09. The maximum absolute atomic E-state index is 12.4.